The van der Waals surface area contributed by atoms with Crippen LogP contribution in [0.15, 0.2) is 0 Å². The summed E-state index contributed by atoms with van der Waals surface area (Å²) in [4.78, 5) is 0. The summed E-state index contributed by atoms with van der Waals surface area (Å²) in [6, 6.07) is 0.494. The third-order valence-corrected chi connectivity index (χ3v) is 3.96. The molecule has 1 N–H and O–H groups in total. The van der Waals surface area contributed by atoms with Crippen molar-refractivity contribution in [3.63, 3.8) is 0 Å². The van der Waals surface area contributed by atoms with Crippen molar-refractivity contribution in [3.8, 4) is 0 Å². The van der Waals surface area contributed by atoms with Crippen LogP contribution in [0.5, 0.6) is 0 Å². The van der Waals surface area contributed by atoms with Gasteiger partial charge in [-0.05, 0) is 37.6 Å². The van der Waals surface area contributed by atoms with Crippen molar-refractivity contribution in [1.82, 2.24) is 5.32 Å². The van der Waals surface area contributed by atoms with Gasteiger partial charge in [0, 0.05) is 26.4 Å². The smallest absolute Gasteiger partial charge is 0.0733 e. The topological polar surface area (TPSA) is 30.5 Å². The number of hydrogen-bond acceptors (Lipinski definition) is 3. The number of methoxy groups -OCH3 is 1. The van der Waals surface area contributed by atoms with Gasteiger partial charge in [-0.1, -0.05) is 27.2 Å². The third-order valence-electron chi connectivity index (χ3n) is 3.96. The highest BCUT2D eigenvalue weighted by Gasteiger charge is 2.38. The fraction of sp³-hybridized carbons (Fsp3) is 1.00. The fourth-order valence-corrected chi connectivity index (χ4v) is 2.91. The summed E-state index contributed by atoms with van der Waals surface area (Å²) < 4.78 is 11.2. The average molecular weight is 257 g/mol. The van der Waals surface area contributed by atoms with Crippen LogP contribution in [0.4, 0.5) is 0 Å². The second-order valence-corrected chi connectivity index (χ2v) is 6.07. The predicted molar refractivity (Wildman–Crippen MR) is 75.9 cm³/mol. The molecule has 0 aliphatic heterocycles. The normalized spacial score (nSPS) is 27.3. The van der Waals surface area contributed by atoms with Gasteiger partial charge in [0.1, 0.15) is 0 Å². The number of rotatable bonds is 8. The van der Waals surface area contributed by atoms with E-state index in [0.717, 1.165) is 26.2 Å². The highest BCUT2D eigenvalue weighted by atomic mass is 16.5. The molecule has 0 saturated heterocycles. The summed E-state index contributed by atoms with van der Waals surface area (Å²) in [6.45, 7) is 9.65. The Morgan fingerprint density at radius 2 is 2.06 bits per heavy atom. The zero-order valence-electron chi connectivity index (χ0n) is 12.6. The second kappa shape index (κ2) is 8.13. The monoisotopic (exact) mass is 257 g/mol. The lowest BCUT2D eigenvalue weighted by molar-refractivity contribution is -0.0415. The molecule has 0 aromatic heterocycles. The van der Waals surface area contributed by atoms with E-state index in [1.807, 2.05) is 0 Å². The van der Waals surface area contributed by atoms with Crippen LogP contribution in [0.2, 0.25) is 0 Å². The molecule has 0 heterocycles. The minimum atomic E-state index is 0.347. The second-order valence-electron chi connectivity index (χ2n) is 6.07. The van der Waals surface area contributed by atoms with Crippen LogP contribution < -0.4 is 5.32 Å². The Hall–Kier alpha value is -0.120. The van der Waals surface area contributed by atoms with Crippen molar-refractivity contribution in [2.24, 2.45) is 5.41 Å². The summed E-state index contributed by atoms with van der Waals surface area (Å²) in [5.41, 5.74) is 0.347. The average Bonchev–Trinajstić information content (AvgIpc) is 2.33. The van der Waals surface area contributed by atoms with Crippen LogP contribution in [0.3, 0.4) is 0 Å². The fourth-order valence-electron chi connectivity index (χ4n) is 2.91. The molecule has 1 fully saturated rings. The van der Waals surface area contributed by atoms with Crippen molar-refractivity contribution in [2.75, 3.05) is 26.9 Å². The van der Waals surface area contributed by atoms with E-state index in [-0.39, 0.29) is 0 Å². The molecule has 0 aromatic carbocycles. The van der Waals surface area contributed by atoms with Crippen molar-refractivity contribution in [1.29, 1.82) is 0 Å². The van der Waals surface area contributed by atoms with E-state index in [4.69, 9.17) is 9.47 Å². The molecular formula is C15H31NO2. The van der Waals surface area contributed by atoms with E-state index >= 15 is 0 Å². The van der Waals surface area contributed by atoms with Gasteiger partial charge < -0.3 is 14.8 Å². The molecule has 0 radical (unpaired) electrons. The van der Waals surface area contributed by atoms with E-state index in [9.17, 15) is 0 Å². The Kier molecular flexibility index (Phi) is 7.20. The van der Waals surface area contributed by atoms with Crippen LogP contribution in [0.1, 0.15) is 52.9 Å². The van der Waals surface area contributed by atoms with E-state index < -0.39 is 0 Å². The molecule has 1 rings (SSSR count). The minimum absolute atomic E-state index is 0.347. The van der Waals surface area contributed by atoms with Crippen molar-refractivity contribution < 1.29 is 9.47 Å². The molecular weight excluding hydrogens is 226 g/mol. The molecule has 3 nitrogen and oxygen atoms in total. The summed E-state index contributed by atoms with van der Waals surface area (Å²) in [5, 5.41) is 3.70. The van der Waals surface area contributed by atoms with Gasteiger partial charge in [0.25, 0.3) is 0 Å². The molecule has 18 heavy (non-hydrogen) atoms. The first-order chi connectivity index (χ1) is 8.61. The maximum atomic E-state index is 6.09. The van der Waals surface area contributed by atoms with Crippen molar-refractivity contribution in [3.05, 3.63) is 0 Å². The Balaban J connectivity index is 2.45. The highest BCUT2D eigenvalue weighted by Crippen LogP contribution is 2.37. The summed E-state index contributed by atoms with van der Waals surface area (Å²) in [6.07, 6.45) is 6.32. The zero-order valence-corrected chi connectivity index (χ0v) is 12.6. The number of hydrogen-bond donors (Lipinski definition) is 1. The highest BCUT2D eigenvalue weighted by molar-refractivity contribution is 4.94. The van der Waals surface area contributed by atoms with Crippen molar-refractivity contribution in [2.45, 2.75) is 65.0 Å². The van der Waals surface area contributed by atoms with Gasteiger partial charge >= 0.3 is 0 Å². The molecule has 2 atom stereocenters. The predicted octanol–water partition coefficient (Wildman–Crippen LogP) is 2.99. The maximum absolute atomic E-state index is 6.09. The lowest BCUT2D eigenvalue weighted by atomic mass is 9.71. The zero-order chi connectivity index (χ0) is 13.4. The van der Waals surface area contributed by atoms with E-state index in [2.05, 4.69) is 26.1 Å². The van der Waals surface area contributed by atoms with Crippen molar-refractivity contribution >= 4 is 0 Å². The standard InChI is InChI=1S/C15H31NO2/c1-5-10-16-14-13(18-12-7-11-17-4)8-6-9-15(14,2)3/h13-14,16H,5-12H2,1-4H3. The molecule has 0 aromatic rings. The molecule has 0 amide bonds. The maximum Gasteiger partial charge on any atom is 0.0733 e. The minimum Gasteiger partial charge on any atom is -0.385 e. The molecule has 108 valence electrons. The molecule has 1 aliphatic carbocycles. The van der Waals surface area contributed by atoms with Crippen LogP contribution in [0, 0.1) is 5.41 Å². The summed E-state index contributed by atoms with van der Waals surface area (Å²) in [5.74, 6) is 0. The number of ether oxygens (including phenoxy) is 2. The van der Waals surface area contributed by atoms with Crippen LogP contribution in [0.25, 0.3) is 0 Å². The molecule has 0 spiro atoms. The van der Waals surface area contributed by atoms with Crippen LogP contribution in [-0.2, 0) is 9.47 Å². The molecule has 1 saturated carbocycles. The van der Waals surface area contributed by atoms with E-state index in [0.29, 0.717) is 17.6 Å². The summed E-state index contributed by atoms with van der Waals surface area (Å²) >= 11 is 0. The van der Waals surface area contributed by atoms with E-state index in [1.54, 1.807) is 7.11 Å². The lowest BCUT2D eigenvalue weighted by Gasteiger charge is -2.44. The molecule has 0 bridgehead atoms. The first-order valence-electron chi connectivity index (χ1n) is 7.45. The summed E-state index contributed by atoms with van der Waals surface area (Å²) in [7, 11) is 1.75. The van der Waals surface area contributed by atoms with Crippen LogP contribution >= 0.6 is 0 Å². The first-order valence-corrected chi connectivity index (χ1v) is 7.45. The van der Waals surface area contributed by atoms with Gasteiger partial charge in [-0.25, -0.2) is 0 Å². The van der Waals surface area contributed by atoms with Gasteiger partial charge in [-0.15, -0.1) is 0 Å². The van der Waals surface area contributed by atoms with Gasteiger partial charge in [-0.3, -0.25) is 0 Å². The van der Waals surface area contributed by atoms with Gasteiger partial charge in [0.2, 0.25) is 0 Å². The molecule has 2 unspecified atom stereocenters. The van der Waals surface area contributed by atoms with Gasteiger partial charge in [0.05, 0.1) is 6.10 Å². The SMILES string of the molecule is CCCNC1C(OCCCOC)CCCC1(C)C. The Labute approximate surface area is 113 Å². The lowest BCUT2D eigenvalue weighted by Crippen LogP contribution is -2.53. The number of nitrogens with one attached hydrogen (secondary N) is 1. The van der Waals surface area contributed by atoms with E-state index in [1.165, 1.54) is 25.7 Å². The Morgan fingerprint density at radius 3 is 2.72 bits per heavy atom. The first kappa shape index (κ1) is 15.9. The Morgan fingerprint density at radius 1 is 1.28 bits per heavy atom. The molecule has 1 aliphatic rings. The largest absolute Gasteiger partial charge is 0.385 e. The Bertz CT molecular complexity index is 219. The van der Waals surface area contributed by atoms with Gasteiger partial charge in [-0.2, -0.15) is 0 Å². The van der Waals surface area contributed by atoms with Crippen LogP contribution in [-0.4, -0.2) is 39.0 Å². The third kappa shape index (κ3) is 4.87. The molecule has 3 heteroatoms. The van der Waals surface area contributed by atoms with Gasteiger partial charge in [0.15, 0.2) is 0 Å². The quantitative estimate of drug-likeness (QED) is 0.678.